The third-order valence-electron chi connectivity index (χ3n) is 1.72. The van der Waals surface area contributed by atoms with Crippen LogP contribution in [0.2, 0.25) is 0 Å². The lowest BCUT2D eigenvalue weighted by Gasteiger charge is -2.14. The van der Waals surface area contributed by atoms with Gasteiger partial charge in [-0.05, 0) is 19.8 Å². The first kappa shape index (κ1) is 10.9. The zero-order valence-corrected chi connectivity index (χ0v) is 7.81. The van der Waals surface area contributed by atoms with Crippen LogP contribution in [0.25, 0.3) is 0 Å². The van der Waals surface area contributed by atoms with E-state index in [2.05, 4.69) is 5.32 Å². The molecule has 12 heavy (non-hydrogen) atoms. The van der Waals surface area contributed by atoms with Crippen molar-refractivity contribution in [2.75, 3.05) is 0 Å². The van der Waals surface area contributed by atoms with Crippen molar-refractivity contribution >= 4 is 11.7 Å². The minimum Gasteiger partial charge on any atom is -0.370 e. The zero-order chi connectivity index (χ0) is 9.56. The van der Waals surface area contributed by atoms with Crippen LogP contribution in [0, 0.1) is 0 Å². The number of hydrogen-bond acceptors (Lipinski definition) is 3. The molecule has 0 spiro atoms. The molecule has 0 saturated carbocycles. The van der Waals surface area contributed by atoms with Crippen LogP contribution < -0.4 is 5.32 Å². The predicted octanol–water partition coefficient (Wildman–Crippen LogP) is 1.07. The highest BCUT2D eigenvalue weighted by Crippen LogP contribution is 1.98. The summed E-state index contributed by atoms with van der Waals surface area (Å²) in [6.45, 7) is 5.26. The van der Waals surface area contributed by atoms with Gasteiger partial charge in [-0.3, -0.25) is 4.79 Å². The Morgan fingerprint density at radius 2 is 2.08 bits per heavy atom. The van der Waals surface area contributed by atoms with Gasteiger partial charge in [-0.15, -0.1) is 0 Å². The van der Waals surface area contributed by atoms with E-state index in [0.717, 1.165) is 0 Å². The number of Topliss-reactive ketones (excluding diaryl/α,β-unsaturated/α-hetero) is 1. The Balaban J connectivity index is 4.19. The average Bonchev–Trinajstić information content (AvgIpc) is 2.06. The van der Waals surface area contributed by atoms with Crippen molar-refractivity contribution in [2.45, 2.75) is 39.7 Å². The van der Waals surface area contributed by atoms with Crippen LogP contribution in [0.15, 0.2) is 5.70 Å². The van der Waals surface area contributed by atoms with Crippen molar-refractivity contribution in [3.8, 4) is 0 Å². The van der Waals surface area contributed by atoms with E-state index in [1.165, 1.54) is 6.92 Å². The molecule has 3 heteroatoms. The topological polar surface area (TPSA) is 46.2 Å². The van der Waals surface area contributed by atoms with Crippen LogP contribution >= 0.6 is 0 Å². The molecular formula is C9H15NO2. The molecule has 0 aromatic carbocycles. The molecule has 0 aromatic rings. The van der Waals surface area contributed by atoms with Gasteiger partial charge in [0.15, 0.2) is 5.78 Å². The lowest BCUT2D eigenvalue weighted by molar-refractivity contribution is -0.118. The van der Waals surface area contributed by atoms with Gasteiger partial charge >= 0.3 is 0 Å². The van der Waals surface area contributed by atoms with Crippen molar-refractivity contribution in [3.63, 3.8) is 0 Å². The summed E-state index contributed by atoms with van der Waals surface area (Å²) in [5, 5.41) is 2.85. The highest BCUT2D eigenvalue weighted by Gasteiger charge is 2.11. The fourth-order valence-corrected chi connectivity index (χ4v) is 0.905. The van der Waals surface area contributed by atoms with Crippen molar-refractivity contribution in [3.05, 3.63) is 5.70 Å². The first-order valence-corrected chi connectivity index (χ1v) is 4.16. The average molecular weight is 169 g/mol. The van der Waals surface area contributed by atoms with Crippen molar-refractivity contribution in [2.24, 2.45) is 0 Å². The summed E-state index contributed by atoms with van der Waals surface area (Å²) in [5.74, 6) is 1.83. The Hall–Kier alpha value is -1.08. The molecule has 0 aliphatic heterocycles. The van der Waals surface area contributed by atoms with Gasteiger partial charge in [0.1, 0.15) is 5.94 Å². The van der Waals surface area contributed by atoms with E-state index in [1.54, 1.807) is 5.94 Å². The third-order valence-corrected chi connectivity index (χ3v) is 1.72. The highest BCUT2D eigenvalue weighted by molar-refractivity contribution is 5.81. The van der Waals surface area contributed by atoms with Gasteiger partial charge in [0, 0.05) is 0 Å². The standard InChI is InChI=1S/C9H15NO2/c1-4-8(6-11)10-9(5-2)7(3)12/h9-10H,4-5H2,1-3H3/t9-/m0/s1. The molecule has 0 aromatic heterocycles. The molecule has 3 nitrogen and oxygen atoms in total. The van der Waals surface area contributed by atoms with E-state index in [0.29, 0.717) is 18.5 Å². The number of allylic oxidation sites excluding steroid dienone is 1. The maximum atomic E-state index is 10.9. The highest BCUT2D eigenvalue weighted by atomic mass is 16.1. The van der Waals surface area contributed by atoms with Crippen molar-refractivity contribution in [1.82, 2.24) is 5.32 Å². The van der Waals surface area contributed by atoms with Gasteiger partial charge in [-0.25, -0.2) is 4.79 Å². The molecule has 0 unspecified atom stereocenters. The summed E-state index contributed by atoms with van der Waals surface area (Å²) in [5.41, 5.74) is 0.469. The Labute approximate surface area is 72.8 Å². The van der Waals surface area contributed by atoms with Crippen LogP contribution in [-0.2, 0) is 9.59 Å². The molecule has 0 heterocycles. The van der Waals surface area contributed by atoms with E-state index in [-0.39, 0.29) is 11.8 Å². The van der Waals surface area contributed by atoms with Gasteiger partial charge in [0.2, 0.25) is 0 Å². The summed E-state index contributed by atoms with van der Waals surface area (Å²) < 4.78 is 0. The van der Waals surface area contributed by atoms with Gasteiger partial charge in [-0.2, -0.15) is 0 Å². The molecule has 0 amide bonds. The number of ketones is 1. The molecule has 0 aliphatic carbocycles. The number of hydrogen-bond donors (Lipinski definition) is 1. The molecule has 0 aliphatic rings. The quantitative estimate of drug-likeness (QED) is 0.626. The van der Waals surface area contributed by atoms with E-state index in [9.17, 15) is 9.59 Å². The maximum absolute atomic E-state index is 10.9. The zero-order valence-electron chi connectivity index (χ0n) is 7.81. The normalized spacial score (nSPS) is 11.6. The minimum atomic E-state index is -0.235. The van der Waals surface area contributed by atoms with E-state index >= 15 is 0 Å². The first-order chi connectivity index (χ1) is 5.65. The second kappa shape index (κ2) is 5.56. The summed E-state index contributed by atoms with van der Waals surface area (Å²) in [6.07, 6.45) is 1.29. The largest absolute Gasteiger partial charge is 0.370 e. The SMILES string of the molecule is CCC(=C=O)N[C@@H](CC)C(C)=O. The lowest BCUT2D eigenvalue weighted by Crippen LogP contribution is -2.34. The molecule has 0 rings (SSSR count). The van der Waals surface area contributed by atoms with Gasteiger partial charge in [0.05, 0.1) is 11.7 Å². The fraction of sp³-hybridized carbons (Fsp3) is 0.667. The number of carbonyl (C=O) groups excluding carboxylic acids is 2. The number of rotatable bonds is 5. The Morgan fingerprint density at radius 1 is 1.50 bits per heavy atom. The minimum absolute atomic E-state index is 0.0544. The van der Waals surface area contributed by atoms with Crippen LogP contribution in [0.5, 0.6) is 0 Å². The maximum Gasteiger partial charge on any atom is 0.151 e. The Kier molecular flexibility index (Phi) is 5.06. The predicted molar refractivity (Wildman–Crippen MR) is 47.4 cm³/mol. The smallest absolute Gasteiger partial charge is 0.151 e. The van der Waals surface area contributed by atoms with Crippen LogP contribution in [0.3, 0.4) is 0 Å². The molecule has 1 N–H and O–H groups in total. The second-order valence-corrected chi connectivity index (χ2v) is 2.65. The molecule has 1 atom stereocenters. The third kappa shape index (κ3) is 3.35. The van der Waals surface area contributed by atoms with Crippen LogP contribution in [0.4, 0.5) is 0 Å². The van der Waals surface area contributed by atoms with Gasteiger partial charge in [0.25, 0.3) is 0 Å². The summed E-state index contributed by atoms with van der Waals surface area (Å²) in [7, 11) is 0. The van der Waals surface area contributed by atoms with Gasteiger partial charge in [-0.1, -0.05) is 13.8 Å². The van der Waals surface area contributed by atoms with Crippen molar-refractivity contribution < 1.29 is 9.59 Å². The molecule has 0 saturated heterocycles. The number of nitrogens with one attached hydrogen (secondary N) is 1. The van der Waals surface area contributed by atoms with E-state index < -0.39 is 0 Å². The molecule has 0 fully saturated rings. The molecule has 0 radical (unpaired) electrons. The summed E-state index contributed by atoms with van der Waals surface area (Å²) >= 11 is 0. The van der Waals surface area contributed by atoms with E-state index in [4.69, 9.17) is 0 Å². The summed E-state index contributed by atoms with van der Waals surface area (Å²) in [6, 6.07) is -0.235. The second-order valence-electron chi connectivity index (χ2n) is 2.65. The van der Waals surface area contributed by atoms with Crippen molar-refractivity contribution in [1.29, 1.82) is 0 Å². The molecule has 0 bridgehead atoms. The van der Waals surface area contributed by atoms with Crippen LogP contribution in [0.1, 0.15) is 33.6 Å². The summed E-state index contributed by atoms with van der Waals surface area (Å²) in [4.78, 5) is 21.2. The lowest BCUT2D eigenvalue weighted by atomic mass is 10.1. The van der Waals surface area contributed by atoms with Crippen LogP contribution in [-0.4, -0.2) is 17.8 Å². The first-order valence-electron chi connectivity index (χ1n) is 4.16. The molecular weight excluding hydrogens is 154 g/mol. The fourth-order valence-electron chi connectivity index (χ4n) is 0.905. The van der Waals surface area contributed by atoms with Gasteiger partial charge < -0.3 is 5.32 Å². The monoisotopic (exact) mass is 169 g/mol. The Bertz CT molecular complexity index is 205. The molecule has 68 valence electrons. The van der Waals surface area contributed by atoms with E-state index in [1.807, 2.05) is 13.8 Å². The number of carbonyl (C=O) groups is 1. The Morgan fingerprint density at radius 3 is 2.33 bits per heavy atom.